The van der Waals surface area contributed by atoms with E-state index in [1.165, 1.54) is 0 Å². The number of aliphatic hydroxyl groups is 1. The molecule has 2 atom stereocenters. The molecule has 0 spiro atoms. The fourth-order valence-corrected chi connectivity index (χ4v) is 3.10. The van der Waals surface area contributed by atoms with Gasteiger partial charge in [-0.25, -0.2) is 9.59 Å². The van der Waals surface area contributed by atoms with Crippen LogP contribution in [0, 0.1) is 0 Å². The molecule has 28 heavy (non-hydrogen) atoms. The summed E-state index contributed by atoms with van der Waals surface area (Å²) in [7, 11) is 0. The minimum Gasteiger partial charge on any atom is -0.456 e. The Morgan fingerprint density at radius 2 is 1.75 bits per heavy atom. The van der Waals surface area contributed by atoms with Crippen molar-refractivity contribution < 1.29 is 29.0 Å². The summed E-state index contributed by atoms with van der Waals surface area (Å²) in [6.07, 6.45) is -1.61. The molecule has 0 unspecified atom stereocenters. The third-order valence-electron chi connectivity index (χ3n) is 4.25. The van der Waals surface area contributed by atoms with Crippen LogP contribution in [0.25, 0.3) is 0 Å². The predicted octanol–water partition coefficient (Wildman–Crippen LogP) is 2.81. The lowest BCUT2D eigenvalue weighted by atomic mass is 10.1. The van der Waals surface area contributed by atoms with Gasteiger partial charge in [-0.15, -0.1) is 0 Å². The van der Waals surface area contributed by atoms with Crippen LogP contribution < -0.4 is 4.74 Å². The number of carbonyl (C=O) groups is 3. The molecule has 1 amide bonds. The Balaban J connectivity index is 1.60. The lowest BCUT2D eigenvalue weighted by Crippen LogP contribution is -2.43. The van der Waals surface area contributed by atoms with Crippen molar-refractivity contribution >= 4 is 33.8 Å². The number of rotatable bonds is 5. The second-order valence-corrected chi connectivity index (χ2v) is 7.19. The van der Waals surface area contributed by atoms with Gasteiger partial charge in [-0.2, -0.15) is 0 Å². The third kappa shape index (κ3) is 4.96. The Morgan fingerprint density at radius 3 is 2.43 bits per heavy atom. The number of ketones is 1. The van der Waals surface area contributed by atoms with E-state index in [1.807, 2.05) is 0 Å². The van der Waals surface area contributed by atoms with E-state index in [9.17, 15) is 19.5 Å². The highest BCUT2D eigenvalue weighted by atomic mass is 79.9. The van der Waals surface area contributed by atoms with Crippen molar-refractivity contribution in [1.82, 2.24) is 4.90 Å². The molecular weight excluding hydrogens is 430 g/mol. The van der Waals surface area contributed by atoms with Crippen molar-refractivity contribution in [2.24, 2.45) is 0 Å². The number of β-amino-alcohol motifs (C(OH)–C–C–N with tert-alkyl or cyclic N) is 1. The molecule has 1 heterocycles. The smallest absolute Gasteiger partial charge is 0.416 e. The van der Waals surface area contributed by atoms with Crippen LogP contribution in [0.2, 0.25) is 0 Å². The minimum absolute atomic E-state index is 0.0230. The zero-order chi connectivity index (χ0) is 20.1. The molecule has 7 nitrogen and oxygen atoms in total. The van der Waals surface area contributed by atoms with E-state index in [-0.39, 0.29) is 18.7 Å². The van der Waals surface area contributed by atoms with Crippen molar-refractivity contribution in [3.8, 4) is 5.75 Å². The Morgan fingerprint density at radius 1 is 1.07 bits per heavy atom. The summed E-state index contributed by atoms with van der Waals surface area (Å²) < 4.78 is 11.1. The number of amides is 1. The first-order valence-electron chi connectivity index (χ1n) is 8.61. The molecule has 0 aromatic heterocycles. The molecule has 1 aliphatic rings. The maximum atomic E-state index is 12.4. The van der Waals surface area contributed by atoms with Crippen molar-refractivity contribution in [1.29, 1.82) is 0 Å². The lowest BCUT2D eigenvalue weighted by Gasteiger charge is -2.22. The number of nitrogens with zero attached hydrogens (tertiary/aromatic N) is 1. The van der Waals surface area contributed by atoms with E-state index >= 15 is 0 Å². The van der Waals surface area contributed by atoms with E-state index in [4.69, 9.17) is 9.47 Å². The van der Waals surface area contributed by atoms with Crippen LogP contribution in [-0.2, 0) is 9.53 Å². The van der Waals surface area contributed by atoms with Gasteiger partial charge in [0.1, 0.15) is 11.8 Å². The maximum absolute atomic E-state index is 12.4. The van der Waals surface area contributed by atoms with E-state index in [0.29, 0.717) is 11.3 Å². The number of esters is 1. The Bertz CT molecular complexity index is 855. The summed E-state index contributed by atoms with van der Waals surface area (Å²) >= 11 is 3.28. The third-order valence-corrected chi connectivity index (χ3v) is 4.77. The van der Waals surface area contributed by atoms with Crippen molar-refractivity contribution in [2.45, 2.75) is 18.6 Å². The van der Waals surface area contributed by atoms with Gasteiger partial charge < -0.3 is 14.6 Å². The first-order valence-corrected chi connectivity index (χ1v) is 9.40. The molecule has 1 fully saturated rings. The molecule has 146 valence electrons. The van der Waals surface area contributed by atoms with Gasteiger partial charge in [0.2, 0.25) is 0 Å². The normalized spacial score (nSPS) is 18.6. The summed E-state index contributed by atoms with van der Waals surface area (Å²) in [5, 5.41) is 9.89. The number of halogens is 1. The zero-order valence-corrected chi connectivity index (χ0v) is 16.4. The van der Waals surface area contributed by atoms with Crippen LogP contribution in [0.1, 0.15) is 16.8 Å². The SMILES string of the molecule is O=C(COC(=O)[C@H]1C[C@H](O)CN1C(=O)Oc1ccccc1)c1ccc(Br)cc1. The Labute approximate surface area is 170 Å². The van der Waals surface area contributed by atoms with Gasteiger partial charge in [-0.3, -0.25) is 9.69 Å². The first kappa shape index (κ1) is 20.0. The second-order valence-electron chi connectivity index (χ2n) is 6.28. The Hall–Kier alpha value is -2.71. The molecule has 0 aliphatic carbocycles. The standard InChI is InChI=1S/C20H18BrNO6/c21-14-8-6-13(7-9-14)18(24)12-27-19(25)17-10-15(23)11-22(17)20(26)28-16-4-2-1-3-5-16/h1-9,15,17,23H,10-12H2/t15-,17+/m0/s1. The highest BCUT2D eigenvalue weighted by Crippen LogP contribution is 2.22. The van der Waals surface area contributed by atoms with Gasteiger partial charge in [-0.1, -0.05) is 46.3 Å². The van der Waals surface area contributed by atoms with Crippen LogP contribution in [0.4, 0.5) is 4.79 Å². The average molecular weight is 448 g/mol. The number of para-hydroxylation sites is 1. The van der Waals surface area contributed by atoms with E-state index < -0.39 is 30.8 Å². The van der Waals surface area contributed by atoms with Crippen LogP contribution in [-0.4, -0.2) is 53.1 Å². The quantitative estimate of drug-likeness (QED) is 0.559. The van der Waals surface area contributed by atoms with Crippen LogP contribution in [0.3, 0.4) is 0 Å². The van der Waals surface area contributed by atoms with Gasteiger partial charge in [0, 0.05) is 16.5 Å². The highest BCUT2D eigenvalue weighted by Gasteiger charge is 2.41. The van der Waals surface area contributed by atoms with Gasteiger partial charge in [0.15, 0.2) is 12.4 Å². The molecular formula is C20H18BrNO6. The number of ether oxygens (including phenoxy) is 2. The van der Waals surface area contributed by atoms with Crippen LogP contribution in [0.5, 0.6) is 5.75 Å². The molecule has 1 aliphatic heterocycles. The molecule has 0 saturated carbocycles. The first-order chi connectivity index (χ1) is 13.4. The predicted molar refractivity (Wildman–Crippen MR) is 103 cm³/mol. The molecule has 1 saturated heterocycles. The maximum Gasteiger partial charge on any atom is 0.416 e. The number of benzene rings is 2. The molecule has 0 bridgehead atoms. The molecule has 1 N–H and O–H groups in total. The number of carbonyl (C=O) groups excluding carboxylic acids is 3. The molecule has 0 radical (unpaired) electrons. The average Bonchev–Trinajstić information content (AvgIpc) is 3.09. The fourth-order valence-electron chi connectivity index (χ4n) is 2.84. The summed E-state index contributed by atoms with van der Waals surface area (Å²) in [5.74, 6) is -0.795. The molecule has 3 rings (SSSR count). The molecule has 2 aromatic carbocycles. The van der Waals surface area contributed by atoms with Gasteiger partial charge in [-0.05, 0) is 24.3 Å². The zero-order valence-electron chi connectivity index (χ0n) is 14.8. The second kappa shape index (κ2) is 8.99. The monoisotopic (exact) mass is 447 g/mol. The van der Waals surface area contributed by atoms with Crippen LogP contribution >= 0.6 is 15.9 Å². The minimum atomic E-state index is -1.01. The van der Waals surface area contributed by atoms with E-state index in [1.54, 1.807) is 54.6 Å². The number of hydrogen-bond acceptors (Lipinski definition) is 6. The molecule has 2 aromatic rings. The summed E-state index contributed by atoms with van der Waals surface area (Å²) in [5.41, 5.74) is 0.405. The molecule has 8 heteroatoms. The number of Topliss-reactive ketones (excluding diaryl/α,β-unsaturated/α-hetero) is 1. The summed E-state index contributed by atoms with van der Waals surface area (Å²) in [6, 6.07) is 14.0. The summed E-state index contributed by atoms with van der Waals surface area (Å²) in [4.78, 5) is 38.0. The van der Waals surface area contributed by atoms with Gasteiger partial charge in [0.25, 0.3) is 0 Å². The number of likely N-dealkylation sites (tertiary alicyclic amines) is 1. The Kier molecular flexibility index (Phi) is 6.43. The largest absolute Gasteiger partial charge is 0.456 e. The number of hydrogen-bond donors (Lipinski definition) is 1. The van der Waals surface area contributed by atoms with Gasteiger partial charge >= 0.3 is 12.1 Å². The van der Waals surface area contributed by atoms with Crippen molar-refractivity contribution in [3.05, 3.63) is 64.6 Å². The summed E-state index contributed by atoms with van der Waals surface area (Å²) in [6.45, 7) is -0.499. The van der Waals surface area contributed by atoms with Crippen molar-refractivity contribution in [3.63, 3.8) is 0 Å². The van der Waals surface area contributed by atoms with E-state index in [2.05, 4.69) is 15.9 Å². The van der Waals surface area contributed by atoms with Gasteiger partial charge in [0.05, 0.1) is 12.6 Å². The van der Waals surface area contributed by atoms with E-state index in [0.717, 1.165) is 9.37 Å². The lowest BCUT2D eigenvalue weighted by molar-refractivity contribution is -0.147. The van der Waals surface area contributed by atoms with Crippen LogP contribution in [0.15, 0.2) is 59.1 Å². The fraction of sp³-hybridized carbons (Fsp3) is 0.250. The topological polar surface area (TPSA) is 93.1 Å². The van der Waals surface area contributed by atoms with Crippen molar-refractivity contribution in [2.75, 3.05) is 13.2 Å². The number of aliphatic hydroxyl groups excluding tert-OH is 1. The highest BCUT2D eigenvalue weighted by molar-refractivity contribution is 9.10.